The highest BCUT2D eigenvalue weighted by Gasteiger charge is 2.03. The topological polar surface area (TPSA) is 86.0 Å². The van der Waals surface area contributed by atoms with Crippen molar-refractivity contribution < 1.29 is 9.26 Å². The van der Waals surface area contributed by atoms with E-state index in [1.807, 2.05) is 13.8 Å². The zero-order chi connectivity index (χ0) is 12.1. The minimum atomic E-state index is 0.0787. The molecule has 0 amide bonds. The van der Waals surface area contributed by atoms with Crippen molar-refractivity contribution in [2.24, 2.45) is 0 Å². The van der Waals surface area contributed by atoms with E-state index in [9.17, 15) is 0 Å². The molecule has 0 atom stereocenters. The zero-order valence-corrected chi connectivity index (χ0v) is 9.62. The second-order valence-electron chi connectivity index (χ2n) is 3.61. The molecule has 0 aliphatic heterocycles. The number of anilines is 1. The van der Waals surface area contributed by atoms with Crippen LogP contribution in [0.25, 0.3) is 0 Å². The molecule has 0 spiro atoms. The van der Waals surface area contributed by atoms with Crippen molar-refractivity contribution in [2.75, 3.05) is 5.32 Å². The van der Waals surface area contributed by atoms with Gasteiger partial charge in [0.2, 0.25) is 12.3 Å². The van der Waals surface area contributed by atoms with Gasteiger partial charge in [-0.2, -0.15) is 4.98 Å². The summed E-state index contributed by atoms with van der Waals surface area (Å²) in [6.07, 6.45) is 2.80. The summed E-state index contributed by atoms with van der Waals surface area (Å²) in [7, 11) is 0. The van der Waals surface area contributed by atoms with Crippen LogP contribution in [-0.4, -0.2) is 26.2 Å². The Hall–Kier alpha value is -2.18. The lowest BCUT2D eigenvalue weighted by atomic mass is 10.4. The van der Waals surface area contributed by atoms with E-state index in [0.29, 0.717) is 24.1 Å². The van der Waals surface area contributed by atoms with Gasteiger partial charge in [0.1, 0.15) is 12.1 Å². The Balaban J connectivity index is 1.96. The molecule has 2 heterocycles. The lowest BCUT2D eigenvalue weighted by Crippen LogP contribution is -2.08. The third kappa shape index (κ3) is 3.40. The number of ether oxygens (including phenoxy) is 1. The van der Waals surface area contributed by atoms with Crippen molar-refractivity contribution in [1.29, 1.82) is 0 Å². The summed E-state index contributed by atoms with van der Waals surface area (Å²) in [6.45, 7) is 4.32. The molecule has 0 bridgehead atoms. The van der Waals surface area contributed by atoms with Gasteiger partial charge in [0.15, 0.2) is 5.82 Å². The maximum absolute atomic E-state index is 5.45. The van der Waals surface area contributed by atoms with E-state index in [0.717, 1.165) is 0 Å². The molecular weight excluding hydrogens is 222 g/mol. The van der Waals surface area contributed by atoms with E-state index in [2.05, 4.69) is 29.9 Å². The fourth-order valence-corrected chi connectivity index (χ4v) is 1.18. The van der Waals surface area contributed by atoms with Gasteiger partial charge in [-0.25, -0.2) is 9.97 Å². The van der Waals surface area contributed by atoms with Crippen molar-refractivity contribution >= 4 is 5.82 Å². The van der Waals surface area contributed by atoms with Crippen LogP contribution >= 0.6 is 0 Å². The van der Waals surface area contributed by atoms with Gasteiger partial charge < -0.3 is 14.6 Å². The summed E-state index contributed by atoms with van der Waals surface area (Å²) in [6, 6.07) is 1.72. The van der Waals surface area contributed by atoms with Gasteiger partial charge in [0.25, 0.3) is 0 Å². The Morgan fingerprint density at radius 1 is 1.35 bits per heavy atom. The van der Waals surface area contributed by atoms with Crippen molar-refractivity contribution in [3.05, 3.63) is 24.6 Å². The van der Waals surface area contributed by atoms with E-state index < -0.39 is 0 Å². The quantitative estimate of drug-likeness (QED) is 0.834. The van der Waals surface area contributed by atoms with Crippen molar-refractivity contribution in [1.82, 2.24) is 20.1 Å². The first-order chi connectivity index (χ1) is 8.24. The molecule has 0 radical (unpaired) electrons. The second kappa shape index (κ2) is 5.24. The van der Waals surface area contributed by atoms with Crippen molar-refractivity contribution in [3.63, 3.8) is 0 Å². The summed E-state index contributed by atoms with van der Waals surface area (Å²) in [5, 5.41) is 6.72. The molecule has 0 aromatic carbocycles. The maximum Gasteiger partial charge on any atom is 0.218 e. The molecule has 0 unspecified atom stereocenters. The average Bonchev–Trinajstić information content (AvgIpc) is 2.79. The Morgan fingerprint density at radius 3 is 2.94 bits per heavy atom. The molecule has 2 aromatic rings. The van der Waals surface area contributed by atoms with Gasteiger partial charge in [-0.1, -0.05) is 5.16 Å². The normalized spacial score (nSPS) is 10.5. The van der Waals surface area contributed by atoms with Crippen LogP contribution in [0.3, 0.4) is 0 Å². The van der Waals surface area contributed by atoms with E-state index >= 15 is 0 Å². The maximum atomic E-state index is 5.45. The van der Waals surface area contributed by atoms with Crippen LogP contribution in [0.2, 0.25) is 0 Å². The average molecular weight is 235 g/mol. The fourth-order valence-electron chi connectivity index (χ4n) is 1.18. The standard InChI is InChI=1S/C10H13N5O2/c1-7(2)17-10-3-8(12-5-13-10)11-4-9-14-6-16-15-9/h3,5-7H,4H2,1-2H3,(H,11,12,13). The predicted octanol–water partition coefficient (Wildman–Crippen LogP) is 1.26. The molecular formula is C10H13N5O2. The predicted molar refractivity (Wildman–Crippen MR) is 59.4 cm³/mol. The molecule has 17 heavy (non-hydrogen) atoms. The molecule has 0 aliphatic carbocycles. The van der Waals surface area contributed by atoms with Crippen LogP contribution in [0.4, 0.5) is 5.82 Å². The molecule has 2 rings (SSSR count). The smallest absolute Gasteiger partial charge is 0.218 e. The first kappa shape index (κ1) is 11.3. The summed E-state index contributed by atoms with van der Waals surface area (Å²) in [5.41, 5.74) is 0. The van der Waals surface area contributed by atoms with Crippen molar-refractivity contribution in [3.8, 4) is 5.88 Å². The Bertz CT molecular complexity index is 457. The fraction of sp³-hybridized carbons (Fsp3) is 0.400. The van der Waals surface area contributed by atoms with Gasteiger partial charge in [0.05, 0.1) is 12.6 Å². The lowest BCUT2D eigenvalue weighted by Gasteiger charge is -2.09. The molecule has 0 saturated carbocycles. The number of nitrogens with zero attached hydrogens (tertiary/aromatic N) is 4. The summed E-state index contributed by atoms with van der Waals surface area (Å²) < 4.78 is 10.1. The van der Waals surface area contributed by atoms with E-state index in [-0.39, 0.29) is 6.10 Å². The largest absolute Gasteiger partial charge is 0.475 e. The highest BCUT2D eigenvalue weighted by Crippen LogP contribution is 2.12. The number of aromatic nitrogens is 4. The third-order valence-corrected chi connectivity index (χ3v) is 1.83. The second-order valence-corrected chi connectivity index (χ2v) is 3.61. The Labute approximate surface area is 98.2 Å². The van der Waals surface area contributed by atoms with Gasteiger partial charge >= 0.3 is 0 Å². The Morgan fingerprint density at radius 2 is 2.24 bits per heavy atom. The Kier molecular flexibility index (Phi) is 3.49. The molecule has 1 N–H and O–H groups in total. The van der Waals surface area contributed by atoms with Crippen LogP contribution in [-0.2, 0) is 6.54 Å². The van der Waals surface area contributed by atoms with E-state index in [1.54, 1.807) is 6.07 Å². The lowest BCUT2D eigenvalue weighted by molar-refractivity contribution is 0.232. The first-order valence-corrected chi connectivity index (χ1v) is 5.22. The van der Waals surface area contributed by atoms with E-state index in [4.69, 9.17) is 4.74 Å². The minimum absolute atomic E-state index is 0.0787. The molecule has 0 fully saturated rings. The van der Waals surface area contributed by atoms with E-state index in [1.165, 1.54) is 12.7 Å². The molecule has 0 saturated heterocycles. The first-order valence-electron chi connectivity index (χ1n) is 5.22. The summed E-state index contributed by atoms with van der Waals surface area (Å²) in [5.74, 6) is 1.75. The van der Waals surface area contributed by atoms with Crippen LogP contribution in [0.5, 0.6) is 5.88 Å². The molecule has 90 valence electrons. The highest BCUT2D eigenvalue weighted by atomic mass is 16.5. The van der Waals surface area contributed by atoms with Crippen LogP contribution in [0.15, 0.2) is 23.3 Å². The van der Waals surface area contributed by atoms with Gasteiger partial charge in [0, 0.05) is 6.07 Å². The van der Waals surface area contributed by atoms with Gasteiger partial charge in [-0.15, -0.1) is 0 Å². The van der Waals surface area contributed by atoms with Crippen LogP contribution in [0.1, 0.15) is 19.7 Å². The number of rotatable bonds is 5. The minimum Gasteiger partial charge on any atom is -0.475 e. The molecule has 0 aliphatic rings. The third-order valence-electron chi connectivity index (χ3n) is 1.83. The number of hydrogen-bond donors (Lipinski definition) is 1. The molecule has 7 heteroatoms. The molecule has 2 aromatic heterocycles. The molecule has 7 nitrogen and oxygen atoms in total. The zero-order valence-electron chi connectivity index (χ0n) is 9.62. The van der Waals surface area contributed by atoms with Crippen LogP contribution in [0, 0.1) is 0 Å². The number of nitrogens with one attached hydrogen (secondary N) is 1. The van der Waals surface area contributed by atoms with Crippen molar-refractivity contribution in [2.45, 2.75) is 26.5 Å². The van der Waals surface area contributed by atoms with Gasteiger partial charge in [-0.3, -0.25) is 0 Å². The summed E-state index contributed by atoms with van der Waals surface area (Å²) in [4.78, 5) is 11.9. The SMILES string of the molecule is CC(C)Oc1cc(NCc2ncon2)ncn1. The highest BCUT2D eigenvalue weighted by molar-refractivity contribution is 5.37. The number of hydrogen-bond acceptors (Lipinski definition) is 7. The summed E-state index contributed by atoms with van der Waals surface area (Å²) >= 11 is 0. The van der Waals surface area contributed by atoms with Gasteiger partial charge in [-0.05, 0) is 13.8 Å². The van der Waals surface area contributed by atoms with Crippen LogP contribution < -0.4 is 10.1 Å². The monoisotopic (exact) mass is 235 g/mol.